The average Bonchev–Trinajstić information content (AvgIpc) is 3.45. The molecule has 18 heteroatoms. The molecule has 0 saturated carbocycles. The van der Waals surface area contributed by atoms with Crippen molar-refractivity contribution in [1.29, 1.82) is 0 Å². The number of hydrogen-bond acceptors (Lipinski definition) is 14. The van der Waals surface area contributed by atoms with Crippen molar-refractivity contribution in [2.24, 2.45) is 5.16 Å². The summed E-state index contributed by atoms with van der Waals surface area (Å²) in [5.41, 5.74) is 5.73. The fraction of sp³-hybridized carbons (Fsp3) is 0.333. The van der Waals surface area contributed by atoms with Crippen molar-refractivity contribution in [2.75, 3.05) is 23.8 Å². The molecule has 0 aliphatic carbocycles. The van der Waals surface area contributed by atoms with Crippen molar-refractivity contribution in [3.8, 4) is 0 Å². The number of aliphatic carboxylic acids is 2. The first-order valence-electron chi connectivity index (χ1n) is 9.92. The Labute approximate surface area is 219 Å². The Morgan fingerprint density at radius 2 is 2.14 bits per heavy atom. The van der Waals surface area contributed by atoms with Crippen LogP contribution in [0, 0.1) is 6.92 Å². The van der Waals surface area contributed by atoms with E-state index in [1.165, 1.54) is 40.2 Å². The van der Waals surface area contributed by atoms with E-state index in [1.807, 2.05) is 6.92 Å². The van der Waals surface area contributed by atoms with Crippen molar-refractivity contribution in [1.82, 2.24) is 25.4 Å². The third-order valence-corrected chi connectivity index (χ3v) is 8.81. The van der Waals surface area contributed by atoms with Crippen LogP contribution < -0.4 is 11.1 Å². The molecule has 1 fully saturated rings. The van der Waals surface area contributed by atoms with Crippen molar-refractivity contribution in [3.05, 3.63) is 27.4 Å². The molecule has 2 amide bonds. The predicted octanol–water partition coefficient (Wildman–Crippen LogP) is 0.221. The summed E-state index contributed by atoms with van der Waals surface area (Å²) >= 11 is 5.06. The summed E-state index contributed by atoms with van der Waals surface area (Å²) in [6, 6.07) is -1.03. The highest BCUT2D eigenvalue weighted by Gasteiger charge is 2.54. The number of carboxylic acid groups (broad SMARTS) is 2. The van der Waals surface area contributed by atoms with Crippen LogP contribution in [-0.2, 0) is 24.0 Å². The molecule has 0 bridgehead atoms. The van der Waals surface area contributed by atoms with E-state index in [-0.39, 0.29) is 22.2 Å². The molecule has 2 aromatic heterocycles. The number of nitrogens with zero attached hydrogens (tertiary/aromatic N) is 5. The van der Waals surface area contributed by atoms with Gasteiger partial charge in [0, 0.05) is 16.9 Å². The number of nitrogens with two attached hydrogens (primary N) is 1. The number of hydrogen-bond donors (Lipinski definition) is 4. The molecule has 4 rings (SSSR count). The number of thiazole rings is 1. The topological polar surface area (TPSA) is 210 Å². The number of carbonyl (C=O) groups is 4. The average molecular weight is 572 g/mol. The van der Waals surface area contributed by atoms with Gasteiger partial charge in [0.05, 0.1) is 0 Å². The fourth-order valence-electron chi connectivity index (χ4n) is 3.24. The second-order valence-corrected chi connectivity index (χ2v) is 11.6. The first-order valence-corrected chi connectivity index (χ1v) is 13.7. The van der Waals surface area contributed by atoms with Crippen molar-refractivity contribution in [2.45, 2.75) is 22.7 Å². The fourth-order valence-corrected chi connectivity index (χ4v) is 7.09. The lowest BCUT2D eigenvalue weighted by Crippen LogP contribution is -2.71. The summed E-state index contributed by atoms with van der Waals surface area (Å²) in [4.78, 5) is 58.4. The quantitative estimate of drug-likeness (QED) is 0.130. The first kappa shape index (κ1) is 25.9. The normalized spacial score (nSPS) is 19.5. The van der Waals surface area contributed by atoms with Crippen LogP contribution in [0.15, 0.2) is 26.1 Å². The van der Waals surface area contributed by atoms with Gasteiger partial charge in [-0.25, -0.2) is 14.6 Å². The maximum atomic E-state index is 12.9. The molecular formula is C18H17N7O7S4. The number of aromatic nitrogens is 3. The lowest BCUT2D eigenvalue weighted by Gasteiger charge is -2.49. The van der Waals surface area contributed by atoms with Crippen LogP contribution in [0.3, 0.4) is 0 Å². The Balaban J connectivity index is 1.49. The van der Waals surface area contributed by atoms with Gasteiger partial charge >= 0.3 is 11.9 Å². The number of thioether (sulfide) groups is 2. The highest BCUT2D eigenvalue weighted by atomic mass is 32.2. The Bertz CT molecular complexity index is 1290. The van der Waals surface area contributed by atoms with Gasteiger partial charge in [-0.1, -0.05) is 28.3 Å². The summed E-state index contributed by atoms with van der Waals surface area (Å²) in [5, 5.41) is 34.3. The predicted molar refractivity (Wildman–Crippen MR) is 132 cm³/mol. The number of rotatable bonds is 10. The van der Waals surface area contributed by atoms with E-state index < -0.39 is 41.8 Å². The number of anilines is 1. The van der Waals surface area contributed by atoms with Crippen LogP contribution in [0.25, 0.3) is 0 Å². The largest absolute Gasteiger partial charge is 0.479 e. The lowest BCUT2D eigenvalue weighted by molar-refractivity contribution is -0.150. The number of amides is 2. The van der Waals surface area contributed by atoms with Crippen molar-refractivity contribution >= 4 is 80.8 Å². The number of nitrogens with one attached hydrogen (secondary N) is 1. The maximum Gasteiger partial charge on any atom is 0.352 e. The van der Waals surface area contributed by atoms with Gasteiger partial charge in [-0.15, -0.1) is 33.3 Å². The molecule has 190 valence electrons. The minimum absolute atomic E-state index is 0.0395. The van der Waals surface area contributed by atoms with Crippen LogP contribution in [0.2, 0.25) is 0 Å². The monoisotopic (exact) mass is 571 g/mol. The third-order valence-electron chi connectivity index (χ3n) is 4.74. The molecule has 1 unspecified atom stereocenters. The van der Waals surface area contributed by atoms with Crippen LogP contribution >= 0.6 is 46.2 Å². The van der Waals surface area contributed by atoms with Gasteiger partial charge < -0.3 is 26.1 Å². The van der Waals surface area contributed by atoms with Crippen molar-refractivity contribution in [3.63, 3.8) is 0 Å². The highest BCUT2D eigenvalue weighted by Crippen LogP contribution is 2.41. The van der Waals surface area contributed by atoms with E-state index in [0.29, 0.717) is 21.4 Å². The molecule has 1 saturated heterocycles. The number of carbonyl (C=O) groups excluding carboxylic acids is 2. The molecular weight excluding hydrogens is 555 g/mol. The van der Waals surface area contributed by atoms with E-state index in [9.17, 15) is 24.3 Å². The minimum atomic E-state index is -1.30. The maximum absolute atomic E-state index is 12.9. The smallest absolute Gasteiger partial charge is 0.352 e. The molecule has 14 nitrogen and oxygen atoms in total. The van der Waals surface area contributed by atoms with Crippen molar-refractivity contribution < 1.29 is 34.2 Å². The zero-order chi connectivity index (χ0) is 26.0. The molecule has 2 aliphatic rings. The number of nitrogen functional groups attached to an aromatic ring is 1. The minimum Gasteiger partial charge on any atom is -0.479 e. The van der Waals surface area contributed by atoms with Gasteiger partial charge in [-0.3, -0.25) is 14.5 Å². The molecule has 5 N–H and O–H groups in total. The SMILES string of the molecule is Cc1nnc(SCC2=C(C(=O)O)N3C(=O)C(NC(=O)C(=NOCC(=O)O)c4csc(N)n4)[C@H]3SC2)s1. The molecule has 0 spiro atoms. The van der Waals surface area contributed by atoms with Gasteiger partial charge in [-0.2, -0.15) is 0 Å². The molecule has 0 radical (unpaired) electrons. The van der Waals surface area contributed by atoms with E-state index in [4.69, 9.17) is 15.7 Å². The lowest BCUT2D eigenvalue weighted by atomic mass is 10.0. The van der Waals surface area contributed by atoms with E-state index in [1.54, 1.807) is 0 Å². The van der Waals surface area contributed by atoms with Gasteiger partial charge in [0.1, 0.15) is 27.8 Å². The van der Waals surface area contributed by atoms with Gasteiger partial charge in [0.25, 0.3) is 11.8 Å². The third kappa shape index (κ3) is 5.45. The summed E-state index contributed by atoms with van der Waals surface area (Å²) in [7, 11) is 0. The summed E-state index contributed by atoms with van der Waals surface area (Å²) in [5.74, 6) is -3.35. The van der Waals surface area contributed by atoms with Gasteiger partial charge in [0.2, 0.25) is 6.61 Å². The number of fused-ring (bicyclic) bond motifs is 1. The zero-order valence-electron chi connectivity index (χ0n) is 18.2. The van der Waals surface area contributed by atoms with Gasteiger partial charge in [-0.05, 0) is 12.5 Å². The molecule has 4 heterocycles. The molecule has 2 atom stereocenters. The first-order chi connectivity index (χ1) is 17.2. The van der Waals surface area contributed by atoms with Crippen LogP contribution in [0.4, 0.5) is 5.13 Å². The highest BCUT2D eigenvalue weighted by molar-refractivity contribution is 8.01. The van der Waals surface area contributed by atoms with Gasteiger partial charge in [0.15, 0.2) is 15.2 Å². The Morgan fingerprint density at radius 1 is 1.36 bits per heavy atom. The molecule has 2 aromatic rings. The summed E-state index contributed by atoms with van der Waals surface area (Å²) in [6.45, 7) is 1.02. The van der Waals surface area contributed by atoms with Crippen LogP contribution in [0.5, 0.6) is 0 Å². The number of carboxylic acids is 2. The zero-order valence-corrected chi connectivity index (χ0v) is 21.5. The number of aryl methyl sites for hydroxylation is 1. The van der Waals surface area contributed by atoms with E-state index in [2.05, 4.69) is 25.7 Å². The second-order valence-electron chi connectivity index (χ2n) is 7.17. The summed E-state index contributed by atoms with van der Waals surface area (Å²) in [6.07, 6.45) is 0. The second kappa shape index (κ2) is 10.8. The molecule has 36 heavy (non-hydrogen) atoms. The van der Waals surface area contributed by atoms with E-state index >= 15 is 0 Å². The Hall–Kier alpha value is -3.22. The van der Waals surface area contributed by atoms with Crippen LogP contribution in [0.1, 0.15) is 10.7 Å². The number of β-lactam (4-membered cyclic amide) rings is 1. The number of oxime groups is 1. The van der Waals surface area contributed by atoms with Crippen LogP contribution in [-0.4, -0.2) is 89.3 Å². The molecule has 2 aliphatic heterocycles. The molecule has 0 aromatic carbocycles. The van der Waals surface area contributed by atoms with E-state index in [0.717, 1.165) is 21.2 Å². The summed E-state index contributed by atoms with van der Waals surface area (Å²) < 4.78 is 0.691. The Morgan fingerprint density at radius 3 is 2.75 bits per heavy atom. The standard InChI is InChI=1S/C18H17N7O7S4/c1-6-22-23-18(36-6)35-4-7-3-33-15-11(14(29)25(15)12(7)16(30)31)21-13(28)10(24-32-2-9(26)27)8-5-34-17(19)20-8/h5,11,15H,2-4H2,1H3,(H2,19,20)(H,21,28)(H,26,27)(H,30,31)/t11?,15-/m1/s1. The Kier molecular flexibility index (Phi) is 7.76.